The second-order valence-corrected chi connectivity index (χ2v) is 5.15. The van der Waals surface area contributed by atoms with Crippen LogP contribution in [0.4, 0.5) is 0 Å². The van der Waals surface area contributed by atoms with Gasteiger partial charge in [0.05, 0.1) is 14.2 Å². The molecule has 22 heavy (non-hydrogen) atoms. The third-order valence-electron chi connectivity index (χ3n) is 2.89. The molecule has 0 bridgehead atoms. The van der Waals surface area contributed by atoms with E-state index in [1.165, 1.54) is 14.2 Å². The Hall–Kier alpha value is -2.05. The van der Waals surface area contributed by atoms with E-state index in [1.54, 1.807) is 18.2 Å². The highest BCUT2D eigenvalue weighted by Gasteiger charge is 2.24. The number of hydrogen-bond donors (Lipinski definition) is 1. The van der Waals surface area contributed by atoms with Crippen molar-refractivity contribution in [3.8, 4) is 0 Å². The van der Waals surface area contributed by atoms with E-state index < -0.39 is 11.9 Å². The van der Waals surface area contributed by atoms with Crippen molar-refractivity contribution in [3.05, 3.63) is 51.0 Å². The zero-order valence-corrected chi connectivity index (χ0v) is 13.3. The van der Waals surface area contributed by atoms with Crippen molar-refractivity contribution in [2.45, 2.75) is 6.42 Å². The van der Waals surface area contributed by atoms with Crippen LogP contribution in [-0.4, -0.2) is 36.1 Å². The van der Waals surface area contributed by atoms with Gasteiger partial charge in [-0.25, -0.2) is 14.6 Å². The summed E-state index contributed by atoms with van der Waals surface area (Å²) in [7, 11) is 2.41. The molecule has 0 spiro atoms. The fraction of sp³-hybridized carbons (Fsp3) is 0.214. The molecule has 0 fully saturated rings. The highest BCUT2D eigenvalue weighted by atomic mass is 35.5. The molecule has 0 aliphatic rings. The molecule has 0 aliphatic carbocycles. The maximum absolute atomic E-state index is 11.7. The van der Waals surface area contributed by atoms with Gasteiger partial charge in [-0.15, -0.1) is 0 Å². The number of imidazole rings is 1. The lowest BCUT2D eigenvalue weighted by Crippen LogP contribution is -2.11. The van der Waals surface area contributed by atoms with Crippen molar-refractivity contribution < 1.29 is 19.1 Å². The van der Waals surface area contributed by atoms with Gasteiger partial charge in [-0.2, -0.15) is 0 Å². The molecule has 1 aromatic heterocycles. The molecule has 116 valence electrons. The summed E-state index contributed by atoms with van der Waals surface area (Å²) in [4.78, 5) is 30.2. The molecule has 0 saturated heterocycles. The second-order valence-electron chi connectivity index (χ2n) is 4.30. The minimum atomic E-state index is -0.736. The fourth-order valence-corrected chi connectivity index (χ4v) is 2.24. The van der Waals surface area contributed by atoms with Crippen LogP contribution in [0.15, 0.2) is 18.2 Å². The van der Waals surface area contributed by atoms with Crippen LogP contribution in [-0.2, 0) is 15.9 Å². The Kier molecular flexibility index (Phi) is 5.05. The molecular formula is C14H12Cl2N2O4. The van der Waals surface area contributed by atoms with E-state index in [0.29, 0.717) is 21.4 Å². The normalized spacial score (nSPS) is 10.4. The fourth-order valence-electron chi connectivity index (χ4n) is 1.86. The number of hydrogen-bond acceptors (Lipinski definition) is 5. The maximum atomic E-state index is 11.7. The number of nitrogens with one attached hydrogen (secondary N) is 1. The smallest absolute Gasteiger partial charge is 0.359 e. The van der Waals surface area contributed by atoms with E-state index >= 15 is 0 Å². The number of aromatic nitrogens is 2. The average molecular weight is 343 g/mol. The lowest BCUT2D eigenvalue weighted by molar-refractivity contribution is 0.0548. The number of methoxy groups -OCH3 is 2. The highest BCUT2D eigenvalue weighted by Crippen LogP contribution is 2.23. The third-order valence-corrected chi connectivity index (χ3v) is 3.49. The van der Waals surface area contributed by atoms with Gasteiger partial charge in [-0.1, -0.05) is 23.2 Å². The lowest BCUT2D eigenvalue weighted by atomic mass is 10.1. The van der Waals surface area contributed by atoms with Gasteiger partial charge in [0, 0.05) is 16.5 Å². The Morgan fingerprint density at radius 1 is 1.18 bits per heavy atom. The Labute approximate surface area is 136 Å². The number of nitrogens with zero attached hydrogens (tertiary/aromatic N) is 1. The molecular weight excluding hydrogens is 331 g/mol. The molecule has 0 unspecified atom stereocenters. The number of carbonyl (C=O) groups is 2. The maximum Gasteiger partial charge on any atom is 0.359 e. The van der Waals surface area contributed by atoms with Gasteiger partial charge in [0.2, 0.25) is 0 Å². The van der Waals surface area contributed by atoms with Crippen LogP contribution in [0.1, 0.15) is 32.4 Å². The van der Waals surface area contributed by atoms with Crippen LogP contribution in [0.3, 0.4) is 0 Å². The Morgan fingerprint density at radius 2 is 1.86 bits per heavy atom. The molecule has 0 atom stereocenters. The van der Waals surface area contributed by atoms with Crippen molar-refractivity contribution in [2.24, 2.45) is 0 Å². The molecule has 1 N–H and O–H groups in total. The molecule has 2 rings (SSSR count). The first-order chi connectivity index (χ1) is 10.5. The molecule has 0 saturated carbocycles. The van der Waals surface area contributed by atoms with Crippen molar-refractivity contribution >= 4 is 35.1 Å². The van der Waals surface area contributed by atoms with Crippen LogP contribution in [0.5, 0.6) is 0 Å². The molecule has 6 nitrogen and oxygen atoms in total. The number of aromatic amines is 1. The van der Waals surface area contributed by atoms with Crippen LogP contribution in [0.2, 0.25) is 10.0 Å². The third kappa shape index (κ3) is 3.40. The zero-order chi connectivity index (χ0) is 16.3. The molecule has 0 amide bonds. The van der Waals surface area contributed by atoms with Gasteiger partial charge in [0.25, 0.3) is 0 Å². The second kappa shape index (κ2) is 6.81. The standard InChI is InChI=1S/C14H12Cl2N2O4/c1-21-13(19)11-12(14(20)22-2)18-10(17-11)6-7-5-8(15)3-4-9(7)16/h3-5H,6H2,1-2H3,(H,17,18). The van der Waals surface area contributed by atoms with Crippen molar-refractivity contribution in [3.63, 3.8) is 0 Å². The lowest BCUT2D eigenvalue weighted by Gasteiger charge is -2.02. The molecule has 0 aliphatic heterocycles. The highest BCUT2D eigenvalue weighted by molar-refractivity contribution is 6.33. The summed E-state index contributed by atoms with van der Waals surface area (Å²) in [6, 6.07) is 5.00. The van der Waals surface area contributed by atoms with E-state index in [0.717, 1.165) is 0 Å². The number of carbonyl (C=O) groups excluding carboxylic acids is 2. The van der Waals surface area contributed by atoms with Crippen LogP contribution < -0.4 is 0 Å². The first kappa shape index (κ1) is 16.3. The first-order valence-corrected chi connectivity index (χ1v) is 6.91. The van der Waals surface area contributed by atoms with E-state index in [1.807, 2.05) is 0 Å². The summed E-state index contributed by atoms with van der Waals surface area (Å²) >= 11 is 12.0. The summed E-state index contributed by atoms with van der Waals surface area (Å²) in [5.41, 5.74) is 0.501. The van der Waals surface area contributed by atoms with Gasteiger partial charge >= 0.3 is 11.9 Å². The average Bonchev–Trinajstić information content (AvgIpc) is 2.93. The molecule has 2 aromatic rings. The summed E-state index contributed by atoms with van der Waals surface area (Å²) in [5, 5.41) is 1.02. The number of benzene rings is 1. The minimum Gasteiger partial charge on any atom is -0.464 e. The minimum absolute atomic E-state index is 0.0671. The summed E-state index contributed by atoms with van der Waals surface area (Å²) in [5.74, 6) is -1.08. The monoisotopic (exact) mass is 342 g/mol. The van der Waals surface area contributed by atoms with E-state index in [4.69, 9.17) is 23.2 Å². The number of rotatable bonds is 4. The topological polar surface area (TPSA) is 81.3 Å². The van der Waals surface area contributed by atoms with E-state index in [9.17, 15) is 9.59 Å². The molecule has 8 heteroatoms. The number of halogens is 2. The van der Waals surface area contributed by atoms with Crippen molar-refractivity contribution in [1.29, 1.82) is 0 Å². The van der Waals surface area contributed by atoms with Crippen LogP contribution >= 0.6 is 23.2 Å². The zero-order valence-electron chi connectivity index (χ0n) is 11.8. The van der Waals surface area contributed by atoms with Crippen molar-refractivity contribution in [2.75, 3.05) is 14.2 Å². The first-order valence-electron chi connectivity index (χ1n) is 6.15. The number of esters is 2. The van der Waals surface area contributed by atoms with E-state index in [2.05, 4.69) is 19.4 Å². The quantitative estimate of drug-likeness (QED) is 0.864. The van der Waals surface area contributed by atoms with Crippen molar-refractivity contribution in [1.82, 2.24) is 9.97 Å². The van der Waals surface area contributed by atoms with Gasteiger partial charge in [0.1, 0.15) is 5.82 Å². The van der Waals surface area contributed by atoms with Gasteiger partial charge in [0.15, 0.2) is 11.4 Å². The number of H-pyrrole nitrogens is 1. The van der Waals surface area contributed by atoms with Crippen LogP contribution in [0, 0.1) is 0 Å². The van der Waals surface area contributed by atoms with Gasteiger partial charge in [-0.05, 0) is 23.8 Å². The molecule has 1 aromatic carbocycles. The largest absolute Gasteiger partial charge is 0.464 e. The Bertz CT molecular complexity index is 694. The van der Waals surface area contributed by atoms with Gasteiger partial charge < -0.3 is 14.5 Å². The Morgan fingerprint density at radius 3 is 2.50 bits per heavy atom. The molecule has 0 radical (unpaired) electrons. The van der Waals surface area contributed by atoms with Gasteiger partial charge in [-0.3, -0.25) is 0 Å². The molecule has 1 heterocycles. The summed E-state index contributed by atoms with van der Waals surface area (Å²) in [6.07, 6.45) is 0.264. The summed E-state index contributed by atoms with van der Waals surface area (Å²) in [6.45, 7) is 0. The summed E-state index contributed by atoms with van der Waals surface area (Å²) < 4.78 is 9.21. The predicted molar refractivity (Wildman–Crippen MR) is 80.5 cm³/mol. The van der Waals surface area contributed by atoms with Crippen LogP contribution in [0.25, 0.3) is 0 Å². The predicted octanol–water partition coefficient (Wildman–Crippen LogP) is 2.88. The van der Waals surface area contributed by atoms with E-state index in [-0.39, 0.29) is 17.8 Å². The number of ether oxygens (including phenoxy) is 2. The Balaban J connectivity index is 2.40. The SMILES string of the molecule is COC(=O)c1nc(Cc2cc(Cl)ccc2Cl)[nH]c1C(=O)OC.